The molecule has 0 spiro atoms. The summed E-state index contributed by atoms with van der Waals surface area (Å²) in [5.74, 6) is -1.10. The van der Waals surface area contributed by atoms with E-state index in [2.05, 4.69) is 10.6 Å². The van der Waals surface area contributed by atoms with Crippen molar-refractivity contribution in [2.24, 2.45) is 0 Å². The van der Waals surface area contributed by atoms with Crippen molar-refractivity contribution in [1.29, 1.82) is 0 Å². The zero-order valence-corrected chi connectivity index (χ0v) is 14.3. The van der Waals surface area contributed by atoms with E-state index < -0.39 is 35.9 Å². The molecule has 0 aliphatic carbocycles. The number of amides is 2. The molecule has 0 fully saturated rings. The number of halogens is 6. The van der Waals surface area contributed by atoms with Crippen molar-refractivity contribution in [1.82, 2.24) is 5.32 Å². The highest BCUT2D eigenvalue weighted by atomic mass is 19.4. The molecule has 0 unspecified atom stereocenters. The molecule has 10 heteroatoms. The molecule has 28 heavy (non-hydrogen) atoms. The first-order valence-electron chi connectivity index (χ1n) is 7.80. The number of alkyl halides is 6. The van der Waals surface area contributed by atoms with Gasteiger partial charge in [0.1, 0.15) is 0 Å². The third kappa shape index (κ3) is 5.73. The van der Waals surface area contributed by atoms with Gasteiger partial charge in [0.15, 0.2) is 0 Å². The molecule has 150 valence electrons. The van der Waals surface area contributed by atoms with Crippen LogP contribution in [0.25, 0.3) is 0 Å². The summed E-state index contributed by atoms with van der Waals surface area (Å²) in [7, 11) is 0. The Morgan fingerprint density at radius 3 is 1.96 bits per heavy atom. The zero-order valence-electron chi connectivity index (χ0n) is 14.3. The lowest BCUT2D eigenvalue weighted by atomic mass is 10.0. The molecule has 0 saturated carbocycles. The first-order chi connectivity index (χ1) is 12.9. The van der Waals surface area contributed by atoms with Gasteiger partial charge < -0.3 is 10.6 Å². The van der Waals surface area contributed by atoms with Crippen LogP contribution in [0, 0.1) is 0 Å². The van der Waals surface area contributed by atoms with Gasteiger partial charge in [-0.05, 0) is 42.0 Å². The Hall–Kier alpha value is -3.04. The van der Waals surface area contributed by atoms with Gasteiger partial charge >= 0.3 is 12.4 Å². The van der Waals surface area contributed by atoms with Crippen LogP contribution in [0.4, 0.5) is 32.0 Å². The number of anilines is 1. The minimum Gasteiger partial charge on any atom is -0.348 e. The van der Waals surface area contributed by atoms with E-state index in [-0.39, 0.29) is 23.1 Å². The van der Waals surface area contributed by atoms with Crippen LogP contribution in [0.3, 0.4) is 0 Å². The van der Waals surface area contributed by atoms with Gasteiger partial charge in [-0.3, -0.25) is 9.59 Å². The molecular weight excluding hydrogens is 390 g/mol. The van der Waals surface area contributed by atoms with Crippen molar-refractivity contribution < 1.29 is 35.9 Å². The fourth-order valence-electron chi connectivity index (χ4n) is 2.35. The number of hydrogen-bond donors (Lipinski definition) is 2. The van der Waals surface area contributed by atoms with Crippen LogP contribution in [0.1, 0.15) is 34.0 Å². The number of carbonyl (C=O) groups excluding carboxylic acids is 2. The van der Waals surface area contributed by atoms with Gasteiger partial charge in [0.25, 0.3) is 5.91 Å². The summed E-state index contributed by atoms with van der Waals surface area (Å²) in [6, 6.07) is 6.79. The van der Waals surface area contributed by atoms with E-state index in [9.17, 15) is 35.9 Å². The highest BCUT2D eigenvalue weighted by Crippen LogP contribution is 2.36. The van der Waals surface area contributed by atoms with E-state index in [4.69, 9.17) is 0 Å². The minimum atomic E-state index is -4.97. The predicted molar refractivity (Wildman–Crippen MR) is 88.4 cm³/mol. The van der Waals surface area contributed by atoms with Crippen LogP contribution < -0.4 is 10.6 Å². The highest BCUT2D eigenvalue weighted by Gasteiger charge is 2.36. The second-order valence-corrected chi connectivity index (χ2v) is 5.86. The van der Waals surface area contributed by atoms with Crippen LogP contribution in [0.2, 0.25) is 0 Å². The van der Waals surface area contributed by atoms with E-state index >= 15 is 0 Å². The maximum absolute atomic E-state index is 12.9. The number of benzene rings is 2. The number of nitrogens with one attached hydrogen (secondary N) is 2. The summed E-state index contributed by atoms with van der Waals surface area (Å²) in [5.41, 5.74) is -2.88. The average Bonchev–Trinajstić information content (AvgIpc) is 2.57. The lowest BCUT2D eigenvalue weighted by molar-refractivity contribution is -0.143. The molecule has 2 amide bonds. The van der Waals surface area contributed by atoms with Crippen LogP contribution >= 0.6 is 0 Å². The van der Waals surface area contributed by atoms with Crippen LogP contribution in [-0.2, 0) is 23.7 Å². The van der Waals surface area contributed by atoms with E-state index in [1.54, 1.807) is 0 Å². The second kappa shape index (κ2) is 7.91. The lowest BCUT2D eigenvalue weighted by Gasteiger charge is -2.14. The van der Waals surface area contributed by atoms with E-state index in [1.807, 2.05) is 0 Å². The third-order valence-corrected chi connectivity index (χ3v) is 3.55. The first-order valence-corrected chi connectivity index (χ1v) is 7.80. The van der Waals surface area contributed by atoms with Crippen LogP contribution in [0.5, 0.6) is 0 Å². The van der Waals surface area contributed by atoms with E-state index in [0.29, 0.717) is 17.8 Å². The summed E-state index contributed by atoms with van der Waals surface area (Å²) < 4.78 is 77.2. The standard InChI is InChI=1S/C18H14F6N2O2/c1-10(27)26-15-4-2-3-12(7-15)16(28)25-9-11-5-13(17(19,20)21)8-14(6-11)18(22,23)24/h2-8H,9H2,1H3,(H,25,28)(H,26,27). The van der Waals surface area contributed by atoms with Gasteiger partial charge in [0.2, 0.25) is 5.91 Å². The van der Waals surface area contributed by atoms with E-state index in [0.717, 1.165) is 0 Å². The second-order valence-electron chi connectivity index (χ2n) is 5.86. The maximum atomic E-state index is 12.9. The lowest BCUT2D eigenvalue weighted by Crippen LogP contribution is -2.23. The Morgan fingerprint density at radius 2 is 1.46 bits per heavy atom. The van der Waals surface area contributed by atoms with Crippen molar-refractivity contribution in [2.45, 2.75) is 25.8 Å². The molecule has 4 nitrogen and oxygen atoms in total. The normalized spacial score (nSPS) is 11.8. The summed E-state index contributed by atoms with van der Waals surface area (Å²) in [5, 5.41) is 4.72. The Labute approximate surface area is 155 Å². The molecule has 2 aromatic carbocycles. The topological polar surface area (TPSA) is 58.2 Å². The van der Waals surface area contributed by atoms with Gasteiger partial charge in [-0.25, -0.2) is 0 Å². The van der Waals surface area contributed by atoms with Gasteiger partial charge in [-0.2, -0.15) is 26.3 Å². The zero-order chi connectivity index (χ0) is 21.1. The molecule has 2 aromatic rings. The Balaban J connectivity index is 2.22. The van der Waals surface area contributed by atoms with Crippen molar-refractivity contribution in [3.8, 4) is 0 Å². The van der Waals surface area contributed by atoms with Gasteiger partial charge in [0.05, 0.1) is 11.1 Å². The maximum Gasteiger partial charge on any atom is 0.416 e. The summed E-state index contributed by atoms with van der Waals surface area (Å²) in [6.45, 7) is 0.717. The quantitative estimate of drug-likeness (QED) is 0.731. The summed E-state index contributed by atoms with van der Waals surface area (Å²) >= 11 is 0. The molecule has 0 saturated heterocycles. The van der Waals surface area contributed by atoms with Crippen LogP contribution in [0.15, 0.2) is 42.5 Å². The molecular formula is C18H14F6N2O2. The predicted octanol–water partition coefficient (Wildman–Crippen LogP) is 4.61. The fourth-order valence-corrected chi connectivity index (χ4v) is 2.35. The molecule has 0 aliphatic heterocycles. The Kier molecular flexibility index (Phi) is 6.01. The SMILES string of the molecule is CC(=O)Nc1cccc(C(=O)NCc2cc(C(F)(F)F)cc(C(F)(F)F)c2)c1. The Bertz CT molecular complexity index is 858. The monoisotopic (exact) mass is 404 g/mol. The number of carbonyl (C=O) groups is 2. The van der Waals surface area contributed by atoms with Crippen molar-refractivity contribution >= 4 is 17.5 Å². The molecule has 2 N–H and O–H groups in total. The van der Waals surface area contributed by atoms with Crippen molar-refractivity contribution in [2.75, 3.05) is 5.32 Å². The molecule has 0 bridgehead atoms. The average molecular weight is 404 g/mol. The fraction of sp³-hybridized carbons (Fsp3) is 0.222. The largest absolute Gasteiger partial charge is 0.416 e. The van der Waals surface area contributed by atoms with Gasteiger partial charge in [0, 0.05) is 24.7 Å². The Morgan fingerprint density at radius 1 is 0.893 bits per heavy atom. The van der Waals surface area contributed by atoms with Crippen molar-refractivity contribution in [3.05, 3.63) is 64.7 Å². The van der Waals surface area contributed by atoms with Gasteiger partial charge in [-0.15, -0.1) is 0 Å². The summed E-state index contributed by atoms with van der Waals surface area (Å²) in [4.78, 5) is 23.2. The van der Waals surface area contributed by atoms with Crippen LogP contribution in [-0.4, -0.2) is 11.8 Å². The van der Waals surface area contributed by atoms with Gasteiger partial charge in [-0.1, -0.05) is 6.07 Å². The minimum absolute atomic E-state index is 0.0161. The summed E-state index contributed by atoms with van der Waals surface area (Å²) in [6.07, 6.45) is -9.93. The highest BCUT2D eigenvalue weighted by molar-refractivity contribution is 5.96. The van der Waals surface area contributed by atoms with Crippen molar-refractivity contribution in [3.63, 3.8) is 0 Å². The smallest absolute Gasteiger partial charge is 0.348 e. The molecule has 2 rings (SSSR count). The third-order valence-electron chi connectivity index (χ3n) is 3.55. The molecule has 0 radical (unpaired) electrons. The van der Waals surface area contributed by atoms with E-state index in [1.165, 1.54) is 31.2 Å². The first kappa shape index (κ1) is 21.3. The molecule has 0 atom stereocenters. The number of rotatable bonds is 4. The molecule has 0 aromatic heterocycles. The number of hydrogen-bond acceptors (Lipinski definition) is 2. The molecule has 0 heterocycles. The molecule has 0 aliphatic rings.